The molecule has 0 spiro atoms. The van der Waals surface area contributed by atoms with Gasteiger partial charge in [0.05, 0.1) is 12.7 Å². The summed E-state index contributed by atoms with van der Waals surface area (Å²) in [6.45, 7) is 14.2. The third-order valence-corrected chi connectivity index (χ3v) is 10.3. The summed E-state index contributed by atoms with van der Waals surface area (Å²) in [5.41, 5.74) is 2.63. The molecule has 0 aromatic carbocycles. The number of allylic oxidation sites excluding steroid dienone is 4. The van der Waals surface area contributed by atoms with Gasteiger partial charge in [-0.2, -0.15) is 0 Å². The quantitative estimate of drug-likeness (QED) is 0.293. The molecule has 0 N–H and O–H groups in total. The molecule has 4 aliphatic carbocycles. The lowest BCUT2D eigenvalue weighted by Crippen LogP contribution is -2.56. The van der Waals surface area contributed by atoms with E-state index in [2.05, 4.69) is 68.5 Å². The van der Waals surface area contributed by atoms with Gasteiger partial charge in [-0.05, 0) is 100 Å². The van der Waals surface area contributed by atoms with Crippen molar-refractivity contribution in [2.75, 3.05) is 13.7 Å². The average Bonchev–Trinajstić information content (AvgIpc) is 2.97. The third-order valence-electron chi connectivity index (χ3n) is 9.21. The lowest BCUT2D eigenvalue weighted by molar-refractivity contribution is -0.145. The van der Waals surface area contributed by atoms with Crippen molar-refractivity contribution in [2.24, 2.45) is 33.7 Å². The van der Waals surface area contributed by atoms with Crippen LogP contribution < -0.4 is 0 Å². The van der Waals surface area contributed by atoms with Crippen LogP contribution in [0.15, 0.2) is 29.0 Å². The zero-order chi connectivity index (χ0) is 23.4. The zero-order valence-corrected chi connectivity index (χ0v) is 22.0. The van der Waals surface area contributed by atoms with E-state index in [0.717, 1.165) is 24.0 Å². The van der Waals surface area contributed by atoms with Gasteiger partial charge in [0, 0.05) is 5.41 Å². The maximum atomic E-state index is 11.3. The second-order valence-electron chi connectivity index (χ2n) is 12.0. The molecular weight excluding hydrogens is 418 g/mol. The van der Waals surface area contributed by atoms with Crippen molar-refractivity contribution in [1.82, 2.24) is 0 Å². The number of hydrogen-bond acceptors (Lipinski definition) is 5. The molecule has 0 aliphatic heterocycles. The summed E-state index contributed by atoms with van der Waals surface area (Å²) in [5.74, 6) is 1.75. The first kappa shape index (κ1) is 23.7. The summed E-state index contributed by atoms with van der Waals surface area (Å²) >= 11 is 0. The van der Waals surface area contributed by atoms with E-state index >= 15 is 0 Å². The first-order valence-corrected chi connectivity index (χ1v) is 15.7. The Kier molecular flexibility index (Phi) is 6.03. The number of ether oxygens (including phenoxy) is 1. The number of hydrogen-bond donors (Lipinski definition) is 0. The Bertz CT molecular complexity index is 858. The highest BCUT2D eigenvalue weighted by atomic mass is 28.4. The van der Waals surface area contributed by atoms with Gasteiger partial charge in [0.2, 0.25) is 6.61 Å². The van der Waals surface area contributed by atoms with Gasteiger partial charge in [-0.25, -0.2) is 4.79 Å². The van der Waals surface area contributed by atoms with Crippen LogP contribution in [-0.4, -0.2) is 39.3 Å². The van der Waals surface area contributed by atoms with Gasteiger partial charge < -0.3 is 14.0 Å². The fourth-order valence-corrected chi connectivity index (χ4v) is 9.24. The SMILES string of the molecule is COC(=O)CO/N=C1\C=C[C@@]2(C)C(=C1)CC[C@@H]1[C@@H]2CC[C@@]2(C)[C@H]1CC[C@]2(C)O[Si](C)(C)C. The third kappa shape index (κ3) is 3.91. The smallest absolute Gasteiger partial charge is 0.346 e. The van der Waals surface area contributed by atoms with E-state index in [1.165, 1.54) is 44.8 Å². The fraction of sp³-hybridized carbons (Fsp3) is 0.769. The summed E-state index contributed by atoms with van der Waals surface area (Å²) in [5, 5.41) is 4.15. The maximum Gasteiger partial charge on any atom is 0.346 e. The van der Waals surface area contributed by atoms with Crippen LogP contribution in [-0.2, 0) is 18.8 Å². The van der Waals surface area contributed by atoms with E-state index in [-0.39, 0.29) is 23.0 Å². The number of carbonyl (C=O) groups is 1. The highest BCUT2D eigenvalue weighted by Gasteiger charge is 2.63. The van der Waals surface area contributed by atoms with E-state index in [0.29, 0.717) is 5.92 Å². The minimum absolute atomic E-state index is 0.0172. The predicted octanol–water partition coefficient (Wildman–Crippen LogP) is 5.88. The van der Waals surface area contributed by atoms with Gasteiger partial charge in [-0.15, -0.1) is 0 Å². The van der Waals surface area contributed by atoms with Crippen molar-refractivity contribution < 1.29 is 18.8 Å². The summed E-state index contributed by atoms with van der Waals surface area (Å²) in [6, 6.07) is 0. The van der Waals surface area contributed by atoms with Crippen LogP contribution in [0.1, 0.15) is 59.3 Å². The molecule has 6 heteroatoms. The van der Waals surface area contributed by atoms with Crippen molar-refractivity contribution in [3.8, 4) is 0 Å². The average molecular weight is 460 g/mol. The van der Waals surface area contributed by atoms with Crippen molar-refractivity contribution in [2.45, 2.75) is 84.5 Å². The largest absolute Gasteiger partial charge is 0.466 e. The maximum absolute atomic E-state index is 11.3. The van der Waals surface area contributed by atoms with E-state index in [4.69, 9.17) is 9.26 Å². The molecule has 3 fully saturated rings. The van der Waals surface area contributed by atoms with Crippen LogP contribution in [0.5, 0.6) is 0 Å². The van der Waals surface area contributed by atoms with Crippen LogP contribution >= 0.6 is 0 Å². The molecule has 0 radical (unpaired) electrons. The molecule has 0 heterocycles. The zero-order valence-electron chi connectivity index (χ0n) is 21.0. The Morgan fingerprint density at radius 1 is 1.12 bits per heavy atom. The van der Waals surface area contributed by atoms with Crippen molar-refractivity contribution in [3.05, 3.63) is 23.8 Å². The van der Waals surface area contributed by atoms with Gasteiger partial charge >= 0.3 is 5.97 Å². The van der Waals surface area contributed by atoms with Crippen molar-refractivity contribution >= 4 is 20.0 Å². The Hall–Kier alpha value is -1.40. The number of rotatable bonds is 5. The monoisotopic (exact) mass is 459 g/mol. The molecule has 32 heavy (non-hydrogen) atoms. The first-order valence-electron chi connectivity index (χ1n) is 12.3. The van der Waals surface area contributed by atoms with Crippen LogP contribution in [0.2, 0.25) is 19.6 Å². The van der Waals surface area contributed by atoms with Gasteiger partial charge in [-0.3, -0.25) is 0 Å². The van der Waals surface area contributed by atoms with Gasteiger partial charge in [0.15, 0.2) is 8.32 Å². The lowest BCUT2D eigenvalue weighted by atomic mass is 9.47. The molecule has 0 unspecified atom stereocenters. The van der Waals surface area contributed by atoms with Gasteiger partial charge in [0.1, 0.15) is 5.71 Å². The highest BCUT2D eigenvalue weighted by Crippen LogP contribution is 2.67. The number of oxime groups is 1. The van der Waals surface area contributed by atoms with Gasteiger partial charge in [-0.1, -0.05) is 30.7 Å². The number of esters is 1. The first-order chi connectivity index (χ1) is 14.9. The van der Waals surface area contributed by atoms with E-state index in [1.807, 2.05) is 0 Å². The highest BCUT2D eigenvalue weighted by molar-refractivity contribution is 6.69. The van der Waals surface area contributed by atoms with E-state index in [9.17, 15) is 4.79 Å². The Morgan fingerprint density at radius 2 is 1.84 bits per heavy atom. The topological polar surface area (TPSA) is 57.1 Å². The number of fused-ring (bicyclic) bond motifs is 5. The number of methoxy groups -OCH3 is 1. The number of nitrogens with zero attached hydrogens (tertiary/aromatic N) is 1. The molecule has 6 atom stereocenters. The predicted molar refractivity (Wildman–Crippen MR) is 130 cm³/mol. The van der Waals surface area contributed by atoms with Crippen LogP contribution in [0.25, 0.3) is 0 Å². The Morgan fingerprint density at radius 3 is 2.53 bits per heavy atom. The lowest BCUT2D eigenvalue weighted by Gasteiger charge is -2.59. The second kappa shape index (κ2) is 8.12. The summed E-state index contributed by atoms with van der Waals surface area (Å²) in [7, 11) is -0.255. The minimum Gasteiger partial charge on any atom is -0.466 e. The molecule has 0 saturated heterocycles. The number of carbonyl (C=O) groups excluding carboxylic acids is 1. The standard InChI is InChI=1S/C26H41NO4Si/c1-24-13-10-19(27-30-17-23(28)29-4)16-18(24)8-9-20-21(24)11-14-25(2)22(20)12-15-26(25,3)31-32(5,6)7/h10,13,16,20-22H,8-9,11-12,14-15,17H2,1-7H3/b27-19+/t20-,21+,22+,24+,25+,26+/m1/s1. The van der Waals surface area contributed by atoms with E-state index in [1.54, 1.807) is 0 Å². The molecule has 4 rings (SSSR count). The van der Waals surface area contributed by atoms with Crippen LogP contribution in [0, 0.1) is 28.6 Å². The molecule has 4 aliphatic rings. The molecule has 5 nitrogen and oxygen atoms in total. The second-order valence-corrected chi connectivity index (χ2v) is 16.4. The fourth-order valence-electron chi connectivity index (χ4n) is 7.55. The normalized spacial score (nSPS) is 42.0. The Labute approximate surface area is 194 Å². The summed E-state index contributed by atoms with van der Waals surface area (Å²) in [4.78, 5) is 16.5. The van der Waals surface area contributed by atoms with Crippen molar-refractivity contribution in [3.63, 3.8) is 0 Å². The molecule has 178 valence electrons. The molecular formula is C26H41NO4Si. The van der Waals surface area contributed by atoms with Gasteiger partial charge in [0.25, 0.3) is 0 Å². The van der Waals surface area contributed by atoms with Crippen LogP contribution in [0.4, 0.5) is 0 Å². The Balaban J connectivity index is 1.53. The molecule has 0 amide bonds. The molecule has 3 saturated carbocycles. The molecule has 0 aromatic heterocycles. The van der Waals surface area contributed by atoms with Crippen LogP contribution in [0.3, 0.4) is 0 Å². The van der Waals surface area contributed by atoms with E-state index < -0.39 is 14.3 Å². The minimum atomic E-state index is -1.61. The summed E-state index contributed by atoms with van der Waals surface area (Å²) in [6.07, 6.45) is 14.0. The molecule has 0 aromatic rings. The van der Waals surface area contributed by atoms with Crippen molar-refractivity contribution in [1.29, 1.82) is 0 Å². The molecule has 0 bridgehead atoms. The summed E-state index contributed by atoms with van der Waals surface area (Å²) < 4.78 is 11.5.